The SMILES string of the molecule is NC(=O)CN1CCC(NC(=O)c2nc(N)n[nH]2)CC1. The Bertz CT molecular complexity index is 464. The monoisotopic (exact) mass is 267 g/mol. The summed E-state index contributed by atoms with van der Waals surface area (Å²) in [5.41, 5.74) is 10.5. The lowest BCUT2D eigenvalue weighted by Crippen LogP contribution is -2.46. The number of hydrogen-bond donors (Lipinski definition) is 4. The largest absolute Gasteiger partial charge is 0.369 e. The summed E-state index contributed by atoms with van der Waals surface area (Å²) < 4.78 is 0. The van der Waals surface area contributed by atoms with Gasteiger partial charge in [-0.25, -0.2) is 0 Å². The lowest BCUT2D eigenvalue weighted by Gasteiger charge is -2.31. The highest BCUT2D eigenvalue weighted by molar-refractivity contribution is 5.90. The van der Waals surface area contributed by atoms with Crippen LogP contribution in [0.1, 0.15) is 23.5 Å². The first-order valence-corrected chi connectivity index (χ1v) is 6.04. The molecule has 1 aliphatic heterocycles. The quantitative estimate of drug-likeness (QED) is 0.500. The van der Waals surface area contributed by atoms with E-state index in [9.17, 15) is 9.59 Å². The minimum absolute atomic E-state index is 0.0430. The van der Waals surface area contributed by atoms with Gasteiger partial charge in [-0.3, -0.25) is 19.6 Å². The summed E-state index contributed by atoms with van der Waals surface area (Å²) >= 11 is 0. The zero-order valence-corrected chi connectivity index (χ0v) is 10.4. The molecule has 2 heterocycles. The zero-order chi connectivity index (χ0) is 13.8. The van der Waals surface area contributed by atoms with E-state index in [0.717, 1.165) is 25.9 Å². The molecule has 1 aromatic heterocycles. The molecule has 0 aromatic carbocycles. The Hall–Kier alpha value is -2.16. The standard InChI is InChI=1S/C10H17N7O2/c11-7(18)5-17-3-1-6(2-4-17)13-9(19)8-14-10(12)16-15-8/h6H,1-5H2,(H2,11,18)(H,13,19)(H3,12,14,15,16). The Balaban J connectivity index is 1.79. The highest BCUT2D eigenvalue weighted by atomic mass is 16.2. The summed E-state index contributed by atoms with van der Waals surface area (Å²) in [6.07, 6.45) is 1.53. The molecule has 0 radical (unpaired) electrons. The van der Waals surface area contributed by atoms with Crippen LogP contribution in [0.4, 0.5) is 5.95 Å². The normalized spacial score (nSPS) is 17.3. The number of nitrogen functional groups attached to an aromatic ring is 1. The number of anilines is 1. The van der Waals surface area contributed by atoms with Gasteiger partial charge in [0.25, 0.3) is 5.91 Å². The van der Waals surface area contributed by atoms with Crippen LogP contribution in [0, 0.1) is 0 Å². The molecule has 0 aliphatic carbocycles. The summed E-state index contributed by atoms with van der Waals surface area (Å²) in [6, 6.07) is 0.0583. The minimum atomic E-state index is -0.334. The van der Waals surface area contributed by atoms with Crippen LogP contribution in [0.25, 0.3) is 0 Å². The number of nitrogens with zero attached hydrogens (tertiary/aromatic N) is 3. The highest BCUT2D eigenvalue weighted by Crippen LogP contribution is 2.10. The number of amides is 2. The van der Waals surface area contributed by atoms with Crippen LogP contribution in [0.3, 0.4) is 0 Å². The van der Waals surface area contributed by atoms with Crippen molar-refractivity contribution in [2.45, 2.75) is 18.9 Å². The van der Waals surface area contributed by atoms with Gasteiger partial charge < -0.3 is 16.8 Å². The molecule has 1 saturated heterocycles. The third kappa shape index (κ3) is 3.65. The summed E-state index contributed by atoms with van der Waals surface area (Å²) in [4.78, 5) is 28.3. The number of H-pyrrole nitrogens is 1. The molecule has 0 spiro atoms. The number of hydrogen-bond acceptors (Lipinski definition) is 6. The maximum absolute atomic E-state index is 11.8. The summed E-state index contributed by atoms with van der Waals surface area (Å²) in [7, 11) is 0. The van der Waals surface area contributed by atoms with Gasteiger partial charge in [0.15, 0.2) is 0 Å². The van der Waals surface area contributed by atoms with Gasteiger partial charge in [-0.05, 0) is 12.8 Å². The molecule has 1 fully saturated rings. The van der Waals surface area contributed by atoms with Crippen molar-refractivity contribution < 1.29 is 9.59 Å². The molecule has 6 N–H and O–H groups in total. The number of aromatic nitrogens is 3. The van der Waals surface area contributed by atoms with Crippen LogP contribution in [0.5, 0.6) is 0 Å². The molecule has 9 heteroatoms. The van der Waals surface area contributed by atoms with Crippen LogP contribution in [0.15, 0.2) is 0 Å². The maximum atomic E-state index is 11.8. The molecule has 9 nitrogen and oxygen atoms in total. The first kappa shape index (κ1) is 13.3. The fraction of sp³-hybridized carbons (Fsp3) is 0.600. The molecule has 1 aliphatic rings. The minimum Gasteiger partial charge on any atom is -0.369 e. The van der Waals surface area contributed by atoms with Gasteiger partial charge in [0, 0.05) is 19.1 Å². The van der Waals surface area contributed by atoms with Crippen LogP contribution < -0.4 is 16.8 Å². The first-order valence-electron chi connectivity index (χ1n) is 6.04. The van der Waals surface area contributed by atoms with E-state index in [1.54, 1.807) is 0 Å². The van der Waals surface area contributed by atoms with Crippen LogP contribution >= 0.6 is 0 Å². The molecule has 19 heavy (non-hydrogen) atoms. The molecule has 0 atom stereocenters. The molecule has 2 rings (SSSR count). The number of aromatic amines is 1. The van der Waals surface area contributed by atoms with Crippen molar-refractivity contribution in [1.29, 1.82) is 0 Å². The van der Waals surface area contributed by atoms with Crippen molar-refractivity contribution in [3.63, 3.8) is 0 Å². The highest BCUT2D eigenvalue weighted by Gasteiger charge is 2.22. The first-order chi connectivity index (χ1) is 9.04. The summed E-state index contributed by atoms with van der Waals surface area (Å²) in [6.45, 7) is 1.72. The van der Waals surface area contributed by atoms with Crippen molar-refractivity contribution in [3.8, 4) is 0 Å². The lowest BCUT2D eigenvalue weighted by atomic mass is 10.1. The molecular weight excluding hydrogens is 250 g/mol. The lowest BCUT2D eigenvalue weighted by molar-refractivity contribution is -0.119. The number of piperidine rings is 1. The molecule has 104 valence electrons. The Morgan fingerprint density at radius 1 is 1.42 bits per heavy atom. The van der Waals surface area contributed by atoms with Gasteiger partial charge in [-0.2, -0.15) is 4.98 Å². The molecule has 0 unspecified atom stereocenters. The Labute approximate surface area is 109 Å². The number of rotatable bonds is 4. The third-order valence-electron chi connectivity index (χ3n) is 3.02. The van der Waals surface area contributed by atoms with E-state index in [0.29, 0.717) is 0 Å². The Morgan fingerprint density at radius 3 is 2.63 bits per heavy atom. The average Bonchev–Trinajstić information content (AvgIpc) is 2.78. The van der Waals surface area contributed by atoms with Crippen molar-refractivity contribution in [2.75, 3.05) is 25.4 Å². The predicted octanol–water partition coefficient (Wildman–Crippen LogP) is -1.93. The average molecular weight is 267 g/mol. The van der Waals surface area contributed by atoms with E-state index >= 15 is 0 Å². The van der Waals surface area contributed by atoms with E-state index in [4.69, 9.17) is 11.5 Å². The maximum Gasteiger partial charge on any atom is 0.288 e. The van der Waals surface area contributed by atoms with Crippen LogP contribution in [-0.4, -0.2) is 57.6 Å². The van der Waals surface area contributed by atoms with E-state index in [-0.39, 0.29) is 36.2 Å². The van der Waals surface area contributed by atoms with Crippen molar-refractivity contribution in [2.24, 2.45) is 5.73 Å². The molecule has 1 aromatic rings. The van der Waals surface area contributed by atoms with Gasteiger partial charge in [-0.1, -0.05) is 0 Å². The van der Waals surface area contributed by atoms with Crippen molar-refractivity contribution in [1.82, 2.24) is 25.4 Å². The number of nitrogens with two attached hydrogens (primary N) is 2. The molecule has 0 saturated carbocycles. The number of carbonyl (C=O) groups excluding carboxylic acids is 2. The second-order valence-electron chi connectivity index (χ2n) is 4.53. The number of nitrogens with one attached hydrogen (secondary N) is 2. The fourth-order valence-electron chi connectivity index (χ4n) is 2.09. The van der Waals surface area contributed by atoms with Crippen molar-refractivity contribution >= 4 is 17.8 Å². The van der Waals surface area contributed by atoms with Crippen LogP contribution in [-0.2, 0) is 4.79 Å². The van der Waals surface area contributed by atoms with Crippen LogP contribution in [0.2, 0.25) is 0 Å². The summed E-state index contributed by atoms with van der Waals surface area (Å²) in [5.74, 6) is -0.504. The van der Waals surface area contributed by atoms with Crippen molar-refractivity contribution in [3.05, 3.63) is 5.82 Å². The molecule has 0 bridgehead atoms. The van der Waals surface area contributed by atoms with E-state index < -0.39 is 0 Å². The van der Waals surface area contributed by atoms with E-state index in [1.807, 2.05) is 4.90 Å². The van der Waals surface area contributed by atoms with Gasteiger partial charge in [0.2, 0.25) is 17.7 Å². The van der Waals surface area contributed by atoms with E-state index in [2.05, 4.69) is 20.5 Å². The van der Waals surface area contributed by atoms with Gasteiger partial charge in [-0.15, -0.1) is 5.10 Å². The molecular formula is C10H17N7O2. The number of likely N-dealkylation sites (tertiary alicyclic amines) is 1. The Kier molecular flexibility index (Phi) is 3.95. The second-order valence-corrected chi connectivity index (χ2v) is 4.53. The number of carbonyl (C=O) groups is 2. The summed E-state index contributed by atoms with van der Waals surface area (Å²) in [5, 5.41) is 8.91. The van der Waals surface area contributed by atoms with Gasteiger partial charge in [0.05, 0.1) is 6.54 Å². The topological polar surface area (TPSA) is 143 Å². The van der Waals surface area contributed by atoms with Gasteiger partial charge in [0.1, 0.15) is 0 Å². The fourth-order valence-corrected chi connectivity index (χ4v) is 2.09. The third-order valence-corrected chi connectivity index (χ3v) is 3.02. The smallest absolute Gasteiger partial charge is 0.288 e. The Morgan fingerprint density at radius 2 is 2.11 bits per heavy atom. The van der Waals surface area contributed by atoms with Gasteiger partial charge >= 0.3 is 0 Å². The zero-order valence-electron chi connectivity index (χ0n) is 10.4. The molecule has 2 amide bonds. The number of primary amides is 1. The second kappa shape index (κ2) is 5.65. The van der Waals surface area contributed by atoms with E-state index in [1.165, 1.54) is 0 Å². The predicted molar refractivity (Wildman–Crippen MR) is 66.9 cm³/mol.